The number of aromatic nitrogens is 2. The molecule has 1 atom stereocenters. The maximum Gasteiger partial charge on any atom is 0.243 e. The third-order valence-electron chi connectivity index (χ3n) is 7.12. The topological polar surface area (TPSA) is 46.9 Å². The Morgan fingerprint density at radius 2 is 1.76 bits per heavy atom. The van der Waals surface area contributed by atoms with Gasteiger partial charge in [-0.3, -0.25) is 4.79 Å². The molecule has 0 radical (unpaired) electrons. The molecule has 2 aliphatic carbocycles. The second-order valence-electron chi connectivity index (χ2n) is 9.35. The number of nitrogens with one attached hydrogen (secondary N) is 1. The molecule has 2 heterocycles. The molecule has 2 aliphatic rings. The number of fused-ring (bicyclic) bond motifs is 1. The van der Waals surface area contributed by atoms with E-state index >= 15 is 0 Å². The van der Waals surface area contributed by atoms with Crippen LogP contribution in [0, 0.1) is 11.7 Å². The number of carbonyl (C=O) groups excluding carboxylic acids is 1. The van der Waals surface area contributed by atoms with E-state index < -0.39 is 11.9 Å². The summed E-state index contributed by atoms with van der Waals surface area (Å²) in [5.41, 5.74) is 1.19. The first-order valence-corrected chi connectivity index (χ1v) is 13.5. The molecule has 1 amide bonds. The molecule has 2 fully saturated rings. The molecule has 5 rings (SSSR count). The summed E-state index contributed by atoms with van der Waals surface area (Å²) in [4.78, 5) is 19.5. The van der Waals surface area contributed by atoms with Gasteiger partial charge in [0.2, 0.25) is 5.91 Å². The van der Waals surface area contributed by atoms with Crippen molar-refractivity contribution >= 4 is 51.5 Å². The lowest BCUT2D eigenvalue weighted by atomic mass is 9.82. The summed E-state index contributed by atoms with van der Waals surface area (Å²) in [5, 5.41) is 3.40. The number of halogens is 3. The van der Waals surface area contributed by atoms with Crippen molar-refractivity contribution < 1.29 is 9.18 Å². The van der Waals surface area contributed by atoms with Crippen molar-refractivity contribution in [2.75, 3.05) is 0 Å². The highest BCUT2D eigenvalue weighted by atomic mass is 35.5. The highest BCUT2D eigenvalue weighted by Gasteiger charge is 2.35. The normalized spacial score (nSPS) is 19.1. The van der Waals surface area contributed by atoms with Gasteiger partial charge in [0.15, 0.2) is 5.82 Å². The molecule has 1 unspecified atom stereocenters. The molecule has 3 aromatic rings. The van der Waals surface area contributed by atoms with Gasteiger partial charge in [0.25, 0.3) is 0 Å². The average molecular weight is 508 g/mol. The second-order valence-corrected chi connectivity index (χ2v) is 11.5. The Hall–Kier alpha value is -1.63. The minimum atomic E-state index is -0.509. The van der Waals surface area contributed by atoms with Crippen LogP contribution >= 0.6 is 34.5 Å². The summed E-state index contributed by atoms with van der Waals surface area (Å²) in [6.45, 7) is 0. The minimum absolute atomic E-state index is 0.0366. The summed E-state index contributed by atoms with van der Waals surface area (Å²) in [7, 11) is 0. The zero-order chi connectivity index (χ0) is 22.9. The van der Waals surface area contributed by atoms with Crippen molar-refractivity contribution in [1.29, 1.82) is 0 Å². The number of amides is 1. The molecule has 2 aromatic heterocycles. The summed E-state index contributed by atoms with van der Waals surface area (Å²) < 4.78 is 17.0. The Balaban J connectivity index is 1.65. The fraction of sp³-hybridized carbons (Fsp3) is 0.520. The molecule has 4 nitrogen and oxygen atoms in total. The van der Waals surface area contributed by atoms with Gasteiger partial charge in [-0.15, -0.1) is 11.3 Å². The maximum atomic E-state index is 14.3. The van der Waals surface area contributed by atoms with E-state index in [2.05, 4.69) is 5.32 Å². The predicted molar refractivity (Wildman–Crippen MR) is 134 cm³/mol. The Kier molecular flexibility index (Phi) is 6.96. The Labute approximate surface area is 207 Å². The highest BCUT2D eigenvalue weighted by Crippen LogP contribution is 2.41. The molecule has 0 saturated heterocycles. The standard InChI is InChI=1S/C25H28Cl2FN3OS/c26-17-13-20-19(14-18(17)28)30-24(21-11-12-22(27)33-21)31(20)23(15-7-3-1-4-8-15)25(32)29-16-9-5-2-6-10-16/h11-16,23H,1-10H2,(H,29,32). The fourth-order valence-electron chi connectivity index (χ4n) is 5.51. The number of carbonyl (C=O) groups is 1. The van der Waals surface area contributed by atoms with Crippen LogP contribution in [0.4, 0.5) is 4.39 Å². The van der Waals surface area contributed by atoms with Crippen LogP contribution in [0.3, 0.4) is 0 Å². The van der Waals surface area contributed by atoms with Gasteiger partial charge in [0.05, 0.1) is 25.3 Å². The Morgan fingerprint density at radius 3 is 2.42 bits per heavy atom. The van der Waals surface area contributed by atoms with Crippen molar-refractivity contribution in [3.05, 3.63) is 39.4 Å². The van der Waals surface area contributed by atoms with E-state index in [4.69, 9.17) is 28.2 Å². The van der Waals surface area contributed by atoms with Crippen LogP contribution in [0.25, 0.3) is 21.7 Å². The van der Waals surface area contributed by atoms with Crippen LogP contribution in [0.2, 0.25) is 9.36 Å². The predicted octanol–water partition coefficient (Wildman–Crippen LogP) is 7.78. The van der Waals surface area contributed by atoms with Crippen molar-refractivity contribution in [1.82, 2.24) is 14.9 Å². The van der Waals surface area contributed by atoms with Gasteiger partial charge in [-0.1, -0.05) is 61.7 Å². The lowest BCUT2D eigenvalue weighted by Crippen LogP contribution is -2.43. The molecule has 33 heavy (non-hydrogen) atoms. The second kappa shape index (κ2) is 9.93. The van der Waals surface area contributed by atoms with Gasteiger partial charge in [0.1, 0.15) is 11.9 Å². The van der Waals surface area contributed by atoms with E-state index in [1.807, 2.05) is 16.7 Å². The lowest BCUT2D eigenvalue weighted by molar-refractivity contribution is -0.127. The van der Waals surface area contributed by atoms with Gasteiger partial charge in [0, 0.05) is 12.1 Å². The molecule has 8 heteroatoms. The number of benzene rings is 1. The first kappa shape index (κ1) is 23.1. The summed E-state index contributed by atoms with van der Waals surface area (Å²) in [5.74, 6) is 0.374. The SMILES string of the molecule is O=C(NC1CCCCC1)C(C1CCCCC1)n1c(-c2ccc(Cl)s2)nc2cc(F)c(Cl)cc21. The first-order valence-electron chi connectivity index (χ1n) is 11.9. The van der Waals surface area contributed by atoms with E-state index in [0.717, 1.165) is 56.2 Å². The van der Waals surface area contributed by atoms with Gasteiger partial charge >= 0.3 is 0 Å². The average Bonchev–Trinajstić information content (AvgIpc) is 3.40. The summed E-state index contributed by atoms with van der Waals surface area (Å²) in [6, 6.07) is 6.52. The molecule has 0 aliphatic heterocycles. The van der Waals surface area contributed by atoms with E-state index in [1.165, 1.54) is 30.2 Å². The first-order chi connectivity index (χ1) is 16.0. The van der Waals surface area contributed by atoms with E-state index in [1.54, 1.807) is 6.07 Å². The van der Waals surface area contributed by atoms with Crippen molar-refractivity contribution in [3.63, 3.8) is 0 Å². The lowest BCUT2D eigenvalue weighted by Gasteiger charge is -2.33. The third kappa shape index (κ3) is 4.80. The van der Waals surface area contributed by atoms with Crippen LogP contribution in [0.5, 0.6) is 0 Å². The number of nitrogens with zero attached hydrogens (tertiary/aromatic N) is 2. The minimum Gasteiger partial charge on any atom is -0.352 e. The highest BCUT2D eigenvalue weighted by molar-refractivity contribution is 7.19. The largest absolute Gasteiger partial charge is 0.352 e. The van der Waals surface area contributed by atoms with Crippen molar-refractivity contribution in [3.8, 4) is 10.7 Å². The monoisotopic (exact) mass is 507 g/mol. The Bertz CT molecular complexity index is 1150. The fourth-order valence-corrected chi connectivity index (χ4v) is 6.69. The molecule has 0 bridgehead atoms. The molecule has 1 aromatic carbocycles. The van der Waals surface area contributed by atoms with E-state index in [0.29, 0.717) is 21.2 Å². The van der Waals surface area contributed by atoms with E-state index in [9.17, 15) is 9.18 Å². The molecule has 0 spiro atoms. The van der Waals surface area contributed by atoms with Crippen LogP contribution in [-0.4, -0.2) is 21.5 Å². The molecule has 1 N–H and O–H groups in total. The zero-order valence-corrected chi connectivity index (χ0v) is 20.8. The third-order valence-corrected chi connectivity index (χ3v) is 8.64. The smallest absolute Gasteiger partial charge is 0.243 e. The summed E-state index contributed by atoms with van der Waals surface area (Å²) >= 11 is 13.9. The molecular weight excluding hydrogens is 480 g/mol. The van der Waals surface area contributed by atoms with Crippen LogP contribution in [0.15, 0.2) is 24.3 Å². The van der Waals surface area contributed by atoms with Gasteiger partial charge in [-0.05, 0) is 49.8 Å². The number of hydrogen-bond donors (Lipinski definition) is 1. The number of hydrogen-bond acceptors (Lipinski definition) is 3. The van der Waals surface area contributed by atoms with Gasteiger partial charge in [-0.25, -0.2) is 9.37 Å². The van der Waals surface area contributed by atoms with Gasteiger partial charge in [-0.2, -0.15) is 0 Å². The van der Waals surface area contributed by atoms with Gasteiger partial charge < -0.3 is 9.88 Å². The Morgan fingerprint density at radius 1 is 1.06 bits per heavy atom. The number of thiophene rings is 1. The van der Waals surface area contributed by atoms with Crippen LogP contribution in [0.1, 0.15) is 70.3 Å². The summed E-state index contributed by atoms with van der Waals surface area (Å²) in [6.07, 6.45) is 11.0. The molecule has 176 valence electrons. The zero-order valence-electron chi connectivity index (χ0n) is 18.5. The number of rotatable bonds is 5. The number of imidazole rings is 1. The van der Waals surface area contributed by atoms with Crippen LogP contribution < -0.4 is 5.32 Å². The maximum absolute atomic E-state index is 14.3. The van der Waals surface area contributed by atoms with E-state index in [-0.39, 0.29) is 22.9 Å². The van der Waals surface area contributed by atoms with Crippen LogP contribution in [-0.2, 0) is 4.79 Å². The quantitative estimate of drug-likeness (QED) is 0.383. The molecule has 2 saturated carbocycles. The van der Waals surface area contributed by atoms with Crippen molar-refractivity contribution in [2.45, 2.75) is 76.3 Å². The molecular formula is C25H28Cl2FN3OS. The van der Waals surface area contributed by atoms with Crippen molar-refractivity contribution in [2.24, 2.45) is 5.92 Å².